The number of anilines is 2. The number of nitrogens with zero attached hydrogens (tertiary/aromatic N) is 3. The van der Waals surface area contributed by atoms with Crippen molar-refractivity contribution in [3.05, 3.63) is 81.5 Å². The van der Waals surface area contributed by atoms with Crippen LogP contribution < -0.4 is 15.4 Å². The summed E-state index contributed by atoms with van der Waals surface area (Å²) in [6, 6.07) is 13.5. The van der Waals surface area contributed by atoms with Crippen molar-refractivity contribution in [2.45, 2.75) is 0 Å². The Kier molecular flexibility index (Phi) is 7.23. The first kappa shape index (κ1) is 24.5. The van der Waals surface area contributed by atoms with Gasteiger partial charge in [0.15, 0.2) is 0 Å². The highest BCUT2D eigenvalue weighted by atomic mass is 35.5. The summed E-state index contributed by atoms with van der Waals surface area (Å²) in [5.74, 6) is 0.738. The van der Waals surface area contributed by atoms with Crippen LogP contribution in [0.25, 0.3) is 0 Å². The molecule has 0 saturated carbocycles. The predicted molar refractivity (Wildman–Crippen MR) is 137 cm³/mol. The van der Waals surface area contributed by atoms with Crippen molar-refractivity contribution in [2.24, 2.45) is 0 Å². The molecule has 180 valence electrons. The first-order valence-corrected chi connectivity index (χ1v) is 11.5. The number of nitrogens with one attached hydrogen (secondary N) is 2. The highest BCUT2D eigenvalue weighted by Gasteiger charge is 2.26. The number of ether oxygens (including phenoxy) is 1. The number of rotatable bonds is 6. The van der Waals surface area contributed by atoms with Crippen LogP contribution in [-0.2, 0) is 0 Å². The molecule has 4 rings (SSSR count). The van der Waals surface area contributed by atoms with Gasteiger partial charge in [0, 0.05) is 22.8 Å². The molecule has 0 fully saturated rings. The number of hydrogen-bond donors (Lipinski definition) is 2. The summed E-state index contributed by atoms with van der Waals surface area (Å²) in [5, 5.41) is 6.20. The molecule has 1 aromatic heterocycles. The van der Waals surface area contributed by atoms with Crippen LogP contribution in [0, 0.1) is 0 Å². The molecule has 2 amide bonds. The van der Waals surface area contributed by atoms with Gasteiger partial charge in [0.1, 0.15) is 24.7 Å². The maximum atomic E-state index is 13.1. The van der Waals surface area contributed by atoms with Crippen molar-refractivity contribution in [3.8, 4) is 5.75 Å². The van der Waals surface area contributed by atoms with E-state index in [-0.39, 0.29) is 22.0 Å². The topological polar surface area (TPSA) is 86.6 Å². The Labute approximate surface area is 213 Å². The Balaban J connectivity index is 1.60. The third-order valence-corrected chi connectivity index (χ3v) is 6.08. The molecule has 3 aromatic rings. The third kappa shape index (κ3) is 5.39. The average Bonchev–Trinajstić information content (AvgIpc) is 3.19. The van der Waals surface area contributed by atoms with E-state index in [0.717, 1.165) is 24.5 Å². The number of benzene rings is 2. The number of carbonyl (C=O) groups excluding carboxylic acids is 2. The zero-order valence-electron chi connectivity index (χ0n) is 19.4. The molecule has 0 aliphatic carbocycles. The number of amides is 2. The zero-order valence-corrected chi connectivity index (χ0v) is 20.9. The number of methoxy groups -OCH3 is 1. The lowest BCUT2D eigenvalue weighted by Gasteiger charge is -2.16. The normalized spacial score (nSPS) is 13.1. The molecule has 2 N–H and O–H groups in total. The van der Waals surface area contributed by atoms with Crippen LogP contribution in [0.2, 0.25) is 10.0 Å². The van der Waals surface area contributed by atoms with Gasteiger partial charge < -0.3 is 15.4 Å². The van der Waals surface area contributed by atoms with Gasteiger partial charge in [-0.3, -0.25) is 19.1 Å². The maximum Gasteiger partial charge on any atom is 0.279 e. The molecule has 0 bridgehead atoms. The van der Waals surface area contributed by atoms with Crippen LogP contribution in [-0.4, -0.2) is 66.4 Å². The van der Waals surface area contributed by atoms with Gasteiger partial charge >= 0.3 is 0 Å². The van der Waals surface area contributed by atoms with Gasteiger partial charge in [-0.2, -0.15) is 0 Å². The van der Waals surface area contributed by atoms with Crippen molar-refractivity contribution in [2.75, 3.05) is 44.9 Å². The van der Waals surface area contributed by atoms with Crippen LogP contribution in [0.4, 0.5) is 11.5 Å². The zero-order chi connectivity index (χ0) is 25.1. The number of halogens is 2. The molecule has 35 heavy (non-hydrogen) atoms. The van der Waals surface area contributed by atoms with Crippen LogP contribution in [0.5, 0.6) is 5.75 Å². The van der Waals surface area contributed by atoms with E-state index in [0.29, 0.717) is 16.4 Å². The van der Waals surface area contributed by atoms with E-state index in [1.54, 1.807) is 24.3 Å². The molecule has 2 aromatic carbocycles. The molecule has 2 heterocycles. The molecule has 0 saturated heterocycles. The number of amidine groups is 1. The van der Waals surface area contributed by atoms with Gasteiger partial charge in [-0.1, -0.05) is 23.2 Å². The fraction of sp³-hybridized carbons (Fsp3) is 0.200. The van der Waals surface area contributed by atoms with E-state index in [1.165, 1.54) is 25.4 Å². The van der Waals surface area contributed by atoms with E-state index in [4.69, 9.17) is 27.9 Å². The minimum absolute atomic E-state index is 0.126. The Morgan fingerprint density at radius 3 is 2.37 bits per heavy atom. The SMILES string of the molecule is COc1cc(Cl)cc(C(=O)Nc2ccc(Cl)cn2)c1NC(=O)c1ccc(C2=[N+](C)CCN2C)cc1. The Hall–Kier alpha value is -3.62. The molecule has 10 heteroatoms. The highest BCUT2D eigenvalue weighted by Crippen LogP contribution is 2.33. The first-order valence-electron chi connectivity index (χ1n) is 10.8. The second-order valence-corrected chi connectivity index (χ2v) is 8.92. The van der Waals surface area contributed by atoms with Crippen LogP contribution in [0.15, 0.2) is 54.7 Å². The number of likely N-dealkylation sites (N-methyl/N-ethyl adjacent to an activating group) is 2. The second kappa shape index (κ2) is 10.3. The lowest BCUT2D eigenvalue weighted by atomic mass is 10.1. The van der Waals surface area contributed by atoms with Gasteiger partial charge in [-0.15, -0.1) is 0 Å². The predicted octanol–water partition coefficient (Wildman–Crippen LogP) is 4.24. The largest absolute Gasteiger partial charge is 0.494 e. The molecule has 0 radical (unpaired) electrons. The van der Waals surface area contributed by atoms with Gasteiger partial charge in [0.05, 0.1) is 43.0 Å². The molecule has 1 aliphatic rings. The van der Waals surface area contributed by atoms with Crippen LogP contribution >= 0.6 is 23.2 Å². The monoisotopic (exact) mass is 512 g/mol. The molecule has 0 spiro atoms. The van der Waals surface area contributed by atoms with Gasteiger partial charge in [0.25, 0.3) is 17.6 Å². The molecular formula is C25H24Cl2N5O3+. The maximum absolute atomic E-state index is 13.1. The number of hydrogen-bond acceptors (Lipinski definition) is 5. The Bertz CT molecular complexity index is 1310. The van der Waals surface area contributed by atoms with Gasteiger partial charge in [-0.25, -0.2) is 4.98 Å². The standard InChI is InChI=1S/C25H23Cl2N5O3/c1-31-10-11-32(2)25(31)16-6-4-15(5-7-16)23(33)30-22-19(12-18(27)13-20(22)35-3)24(34)29-21-9-8-17(26)14-28-21/h4-9,12-14H,10-11H2,1-3H3,(H-,28,29,30,33,34)/p+1. The third-order valence-electron chi connectivity index (χ3n) is 5.64. The number of aromatic nitrogens is 1. The summed E-state index contributed by atoms with van der Waals surface area (Å²) in [7, 11) is 5.52. The summed E-state index contributed by atoms with van der Waals surface area (Å²) in [4.78, 5) is 32.4. The van der Waals surface area contributed by atoms with Crippen molar-refractivity contribution >= 4 is 52.4 Å². The van der Waals surface area contributed by atoms with Crippen molar-refractivity contribution < 1.29 is 18.9 Å². The summed E-state index contributed by atoms with van der Waals surface area (Å²) >= 11 is 12.1. The van der Waals surface area contributed by atoms with Crippen LogP contribution in [0.1, 0.15) is 26.3 Å². The first-order chi connectivity index (χ1) is 16.8. The van der Waals surface area contributed by atoms with E-state index in [9.17, 15) is 9.59 Å². The number of carbonyl (C=O) groups is 2. The molecule has 8 nitrogen and oxygen atoms in total. The minimum atomic E-state index is -0.519. The fourth-order valence-corrected chi connectivity index (χ4v) is 4.20. The van der Waals surface area contributed by atoms with Gasteiger partial charge in [0.2, 0.25) is 0 Å². The van der Waals surface area contributed by atoms with E-state index < -0.39 is 11.8 Å². The van der Waals surface area contributed by atoms with Crippen molar-refractivity contribution in [1.29, 1.82) is 0 Å². The molecule has 1 aliphatic heterocycles. The summed E-state index contributed by atoms with van der Waals surface area (Å²) < 4.78 is 7.58. The molecule has 0 atom stereocenters. The van der Waals surface area contributed by atoms with Crippen molar-refractivity contribution in [3.63, 3.8) is 0 Å². The van der Waals surface area contributed by atoms with E-state index in [2.05, 4.69) is 25.1 Å². The summed E-state index contributed by atoms with van der Waals surface area (Å²) in [6.45, 7) is 1.89. The smallest absolute Gasteiger partial charge is 0.279 e. The average molecular weight is 513 g/mol. The van der Waals surface area contributed by atoms with Crippen LogP contribution in [0.3, 0.4) is 0 Å². The second-order valence-electron chi connectivity index (χ2n) is 8.04. The van der Waals surface area contributed by atoms with Crippen molar-refractivity contribution in [1.82, 2.24) is 9.88 Å². The quantitative estimate of drug-likeness (QED) is 0.482. The highest BCUT2D eigenvalue weighted by molar-refractivity contribution is 6.32. The van der Waals surface area contributed by atoms with E-state index in [1.807, 2.05) is 26.2 Å². The lowest BCUT2D eigenvalue weighted by molar-refractivity contribution is -0.486. The molecular weight excluding hydrogens is 489 g/mol. The van der Waals surface area contributed by atoms with Gasteiger partial charge in [-0.05, 0) is 42.5 Å². The minimum Gasteiger partial charge on any atom is -0.494 e. The van der Waals surface area contributed by atoms with E-state index >= 15 is 0 Å². The fourth-order valence-electron chi connectivity index (χ4n) is 3.88. The Morgan fingerprint density at radius 2 is 1.77 bits per heavy atom. The Morgan fingerprint density at radius 1 is 1.03 bits per heavy atom. The lowest BCUT2D eigenvalue weighted by Crippen LogP contribution is -2.25. The molecule has 0 unspecified atom stereocenters. The number of pyridine rings is 1. The summed E-state index contributed by atoms with van der Waals surface area (Å²) in [5.41, 5.74) is 1.77. The summed E-state index contributed by atoms with van der Waals surface area (Å²) in [6.07, 6.45) is 1.42.